The summed E-state index contributed by atoms with van der Waals surface area (Å²) in [6.45, 7) is 5.17. The molecule has 2 amide bonds. The molecule has 1 aromatic heterocycles. The Balaban J connectivity index is 1.76. The number of carbonyl (C=O) groups is 1. The van der Waals surface area contributed by atoms with E-state index in [-0.39, 0.29) is 17.9 Å². The van der Waals surface area contributed by atoms with Crippen molar-refractivity contribution in [2.45, 2.75) is 39.3 Å². The number of halogens is 1. The normalized spacial score (nSPS) is 15.2. The van der Waals surface area contributed by atoms with Crippen LogP contribution < -0.4 is 5.32 Å². The first-order valence-electron chi connectivity index (χ1n) is 7.96. The Labute approximate surface area is 134 Å². The summed E-state index contributed by atoms with van der Waals surface area (Å²) in [5, 5.41) is 2.98. The van der Waals surface area contributed by atoms with Crippen LogP contribution in [0.15, 0.2) is 24.3 Å². The predicted molar refractivity (Wildman–Crippen MR) is 86.4 cm³/mol. The smallest absolute Gasteiger partial charge is 0.317 e. The van der Waals surface area contributed by atoms with Crippen LogP contribution >= 0.6 is 0 Å². The standard InChI is InChI=1S/C17H21FN4O/c1-3-11(2)19-17(23)22-8-7-14-15(10-22)21-16(20-14)12-5-4-6-13(18)9-12/h4-6,9,11H,3,7-8,10H2,1-2H3,(H,19,23)(H,20,21)/t11-/m0/s1. The van der Waals surface area contributed by atoms with Gasteiger partial charge >= 0.3 is 6.03 Å². The van der Waals surface area contributed by atoms with Crippen LogP contribution in [-0.2, 0) is 13.0 Å². The fourth-order valence-corrected chi connectivity index (χ4v) is 2.64. The van der Waals surface area contributed by atoms with Gasteiger partial charge in [0.2, 0.25) is 0 Å². The zero-order chi connectivity index (χ0) is 16.4. The van der Waals surface area contributed by atoms with Crippen LogP contribution in [0, 0.1) is 5.82 Å². The third-order valence-corrected chi connectivity index (χ3v) is 4.20. The predicted octanol–water partition coefficient (Wildman–Crippen LogP) is 3.08. The number of H-pyrrole nitrogens is 1. The number of urea groups is 1. The molecular formula is C17H21FN4O. The summed E-state index contributed by atoms with van der Waals surface area (Å²) in [5.41, 5.74) is 2.60. The number of fused-ring (bicyclic) bond motifs is 1. The Hall–Kier alpha value is -2.37. The van der Waals surface area contributed by atoms with Crippen molar-refractivity contribution in [3.63, 3.8) is 0 Å². The van der Waals surface area contributed by atoms with E-state index in [1.54, 1.807) is 11.0 Å². The minimum Gasteiger partial charge on any atom is -0.340 e. The minimum absolute atomic E-state index is 0.0492. The number of aromatic nitrogens is 2. The first kappa shape index (κ1) is 15.5. The van der Waals surface area contributed by atoms with Gasteiger partial charge in [0.05, 0.1) is 17.9 Å². The fourth-order valence-electron chi connectivity index (χ4n) is 2.64. The van der Waals surface area contributed by atoms with Crippen LogP contribution in [0.5, 0.6) is 0 Å². The molecule has 6 heteroatoms. The summed E-state index contributed by atoms with van der Waals surface area (Å²) in [4.78, 5) is 21.8. The molecule has 0 aliphatic carbocycles. The second kappa shape index (κ2) is 6.40. The minimum atomic E-state index is -0.286. The SMILES string of the molecule is CC[C@H](C)NC(=O)N1CCc2nc(-c3cccc(F)c3)[nH]c2C1. The molecule has 0 spiro atoms. The summed E-state index contributed by atoms with van der Waals surface area (Å²) in [5.74, 6) is 0.366. The number of hydrogen-bond acceptors (Lipinski definition) is 2. The van der Waals surface area contributed by atoms with E-state index in [1.165, 1.54) is 12.1 Å². The number of carbonyl (C=O) groups excluding carboxylic acids is 1. The quantitative estimate of drug-likeness (QED) is 0.914. The van der Waals surface area contributed by atoms with Gasteiger partial charge in [-0.1, -0.05) is 19.1 Å². The van der Waals surface area contributed by atoms with Crippen LogP contribution in [0.25, 0.3) is 11.4 Å². The van der Waals surface area contributed by atoms with Crippen molar-refractivity contribution >= 4 is 6.03 Å². The molecule has 1 atom stereocenters. The van der Waals surface area contributed by atoms with Gasteiger partial charge < -0.3 is 15.2 Å². The van der Waals surface area contributed by atoms with Crippen LogP contribution in [0.2, 0.25) is 0 Å². The molecule has 3 rings (SSSR count). The summed E-state index contributed by atoms with van der Waals surface area (Å²) in [6, 6.07) is 6.46. The molecule has 1 aliphatic heterocycles. The van der Waals surface area contributed by atoms with Gasteiger partial charge in [0.15, 0.2) is 0 Å². The Morgan fingerprint density at radius 1 is 1.52 bits per heavy atom. The summed E-state index contributed by atoms with van der Waals surface area (Å²) >= 11 is 0. The van der Waals surface area contributed by atoms with E-state index in [4.69, 9.17) is 0 Å². The lowest BCUT2D eigenvalue weighted by Gasteiger charge is -2.27. The van der Waals surface area contributed by atoms with Gasteiger partial charge in [0.1, 0.15) is 11.6 Å². The van der Waals surface area contributed by atoms with E-state index in [2.05, 4.69) is 15.3 Å². The largest absolute Gasteiger partial charge is 0.340 e. The Morgan fingerprint density at radius 2 is 2.35 bits per heavy atom. The van der Waals surface area contributed by atoms with Crippen LogP contribution in [0.3, 0.4) is 0 Å². The maximum atomic E-state index is 13.4. The Bertz CT molecular complexity index is 712. The molecule has 0 bridgehead atoms. The highest BCUT2D eigenvalue weighted by Crippen LogP contribution is 2.23. The lowest BCUT2D eigenvalue weighted by molar-refractivity contribution is 0.188. The zero-order valence-corrected chi connectivity index (χ0v) is 13.4. The van der Waals surface area contributed by atoms with E-state index in [9.17, 15) is 9.18 Å². The van der Waals surface area contributed by atoms with Crippen LogP contribution in [0.1, 0.15) is 31.7 Å². The van der Waals surface area contributed by atoms with Gasteiger partial charge in [-0.05, 0) is 25.5 Å². The Kier molecular flexibility index (Phi) is 4.32. The third kappa shape index (κ3) is 3.36. The van der Waals surface area contributed by atoms with Gasteiger partial charge in [-0.15, -0.1) is 0 Å². The number of aromatic amines is 1. The summed E-state index contributed by atoms with van der Waals surface area (Å²) < 4.78 is 13.4. The van der Waals surface area contributed by atoms with E-state index in [1.807, 2.05) is 19.9 Å². The highest BCUT2D eigenvalue weighted by atomic mass is 19.1. The lowest BCUT2D eigenvalue weighted by atomic mass is 10.1. The van der Waals surface area contributed by atoms with Crippen LogP contribution in [-0.4, -0.2) is 33.5 Å². The fraction of sp³-hybridized carbons (Fsp3) is 0.412. The summed E-state index contributed by atoms with van der Waals surface area (Å²) in [6.07, 6.45) is 1.60. The van der Waals surface area contributed by atoms with E-state index >= 15 is 0 Å². The average Bonchev–Trinajstić information content (AvgIpc) is 2.97. The van der Waals surface area contributed by atoms with Gasteiger partial charge in [-0.2, -0.15) is 0 Å². The number of hydrogen-bond donors (Lipinski definition) is 2. The lowest BCUT2D eigenvalue weighted by Crippen LogP contribution is -2.45. The first-order valence-corrected chi connectivity index (χ1v) is 7.96. The maximum absolute atomic E-state index is 13.4. The molecule has 0 saturated heterocycles. The molecule has 0 radical (unpaired) electrons. The molecule has 5 nitrogen and oxygen atoms in total. The number of nitrogens with zero attached hydrogens (tertiary/aromatic N) is 2. The molecular weight excluding hydrogens is 295 g/mol. The number of imidazole rings is 1. The highest BCUT2D eigenvalue weighted by molar-refractivity contribution is 5.74. The van der Waals surface area contributed by atoms with Gasteiger partial charge in [-0.3, -0.25) is 0 Å². The molecule has 0 unspecified atom stereocenters. The topological polar surface area (TPSA) is 61.0 Å². The molecule has 0 saturated carbocycles. The van der Waals surface area contributed by atoms with Crippen LogP contribution in [0.4, 0.5) is 9.18 Å². The number of rotatable bonds is 3. The third-order valence-electron chi connectivity index (χ3n) is 4.20. The number of amides is 2. The van der Waals surface area contributed by atoms with Crippen molar-refractivity contribution in [1.29, 1.82) is 0 Å². The molecule has 2 N–H and O–H groups in total. The van der Waals surface area contributed by atoms with Crippen molar-refractivity contribution in [3.05, 3.63) is 41.5 Å². The van der Waals surface area contributed by atoms with E-state index in [0.29, 0.717) is 25.3 Å². The second-order valence-electron chi connectivity index (χ2n) is 5.95. The zero-order valence-electron chi connectivity index (χ0n) is 13.4. The maximum Gasteiger partial charge on any atom is 0.317 e. The molecule has 2 heterocycles. The molecule has 1 aliphatic rings. The first-order chi connectivity index (χ1) is 11.1. The molecule has 2 aromatic rings. The van der Waals surface area contributed by atoms with E-state index < -0.39 is 0 Å². The van der Waals surface area contributed by atoms with Crippen molar-refractivity contribution in [2.75, 3.05) is 6.54 Å². The van der Waals surface area contributed by atoms with E-state index in [0.717, 1.165) is 23.4 Å². The van der Waals surface area contributed by atoms with Crippen molar-refractivity contribution in [2.24, 2.45) is 0 Å². The monoisotopic (exact) mass is 316 g/mol. The number of nitrogens with one attached hydrogen (secondary N) is 2. The second-order valence-corrected chi connectivity index (χ2v) is 5.95. The molecule has 0 fully saturated rings. The molecule has 1 aromatic carbocycles. The van der Waals surface area contributed by atoms with Crippen molar-refractivity contribution in [1.82, 2.24) is 20.2 Å². The van der Waals surface area contributed by atoms with Gasteiger partial charge in [-0.25, -0.2) is 14.2 Å². The van der Waals surface area contributed by atoms with Gasteiger partial charge in [0, 0.05) is 24.6 Å². The molecule has 122 valence electrons. The average molecular weight is 316 g/mol. The van der Waals surface area contributed by atoms with Crippen molar-refractivity contribution in [3.8, 4) is 11.4 Å². The summed E-state index contributed by atoms with van der Waals surface area (Å²) in [7, 11) is 0. The highest BCUT2D eigenvalue weighted by Gasteiger charge is 2.24. The number of benzene rings is 1. The van der Waals surface area contributed by atoms with Crippen molar-refractivity contribution < 1.29 is 9.18 Å². The molecule has 23 heavy (non-hydrogen) atoms. The Morgan fingerprint density at radius 3 is 3.09 bits per heavy atom. The van der Waals surface area contributed by atoms with Gasteiger partial charge in [0.25, 0.3) is 0 Å².